The normalized spacial score (nSPS) is 22.6. The maximum Gasteiger partial charge on any atom is 0.224 e. The van der Waals surface area contributed by atoms with Crippen LogP contribution >= 0.6 is 0 Å². The number of aromatic nitrogens is 3. The molecule has 0 aromatic carbocycles. The molecule has 19 heavy (non-hydrogen) atoms. The summed E-state index contributed by atoms with van der Waals surface area (Å²) in [6, 6.07) is 0.988. The lowest BCUT2D eigenvalue weighted by atomic mass is 10.2. The van der Waals surface area contributed by atoms with Crippen LogP contribution in [0.15, 0.2) is 12.7 Å². The Bertz CT molecular complexity index is 409. The van der Waals surface area contributed by atoms with Crippen LogP contribution in [0.25, 0.3) is 0 Å². The summed E-state index contributed by atoms with van der Waals surface area (Å²) in [4.78, 5) is 18.3. The zero-order chi connectivity index (χ0) is 13.1. The van der Waals surface area contributed by atoms with E-state index in [1.165, 1.54) is 32.0 Å². The molecule has 1 saturated heterocycles. The van der Waals surface area contributed by atoms with Crippen LogP contribution in [0.2, 0.25) is 0 Å². The van der Waals surface area contributed by atoms with E-state index in [-0.39, 0.29) is 5.91 Å². The standard InChI is InChI=1S/C13H21N5O/c19-13(5-7-17-10-14-9-16-17)18(12-3-4-12)8-11-2-1-6-15-11/h9-12,15H,1-8H2. The first-order valence-electron chi connectivity index (χ1n) is 7.18. The molecule has 1 amide bonds. The molecule has 2 fully saturated rings. The fraction of sp³-hybridized carbons (Fsp3) is 0.769. The number of amides is 1. The minimum Gasteiger partial charge on any atom is -0.338 e. The second-order valence-electron chi connectivity index (χ2n) is 5.48. The van der Waals surface area contributed by atoms with Gasteiger partial charge in [-0.25, -0.2) is 4.98 Å². The van der Waals surface area contributed by atoms with Crippen molar-refractivity contribution < 1.29 is 4.79 Å². The smallest absolute Gasteiger partial charge is 0.224 e. The summed E-state index contributed by atoms with van der Waals surface area (Å²) < 4.78 is 1.72. The van der Waals surface area contributed by atoms with Crippen molar-refractivity contribution in [3.05, 3.63) is 12.7 Å². The molecule has 1 aromatic rings. The SMILES string of the molecule is O=C(CCn1cncn1)N(CC1CCCN1)C1CC1. The van der Waals surface area contributed by atoms with Crippen LogP contribution in [0.5, 0.6) is 0 Å². The van der Waals surface area contributed by atoms with E-state index in [4.69, 9.17) is 0 Å². The number of nitrogens with zero attached hydrogens (tertiary/aromatic N) is 4. The fourth-order valence-electron chi connectivity index (χ4n) is 2.69. The number of carbonyl (C=O) groups excluding carboxylic acids is 1. The van der Waals surface area contributed by atoms with Crippen LogP contribution in [0.1, 0.15) is 32.1 Å². The second kappa shape index (κ2) is 5.69. The molecule has 6 nitrogen and oxygen atoms in total. The summed E-state index contributed by atoms with van der Waals surface area (Å²) in [5.74, 6) is 0.256. The summed E-state index contributed by atoms with van der Waals surface area (Å²) in [6.45, 7) is 2.59. The van der Waals surface area contributed by atoms with Crippen molar-refractivity contribution in [3.63, 3.8) is 0 Å². The third kappa shape index (κ3) is 3.32. The van der Waals surface area contributed by atoms with Gasteiger partial charge in [-0.15, -0.1) is 0 Å². The molecule has 6 heteroatoms. The molecule has 1 atom stereocenters. The number of hydrogen-bond donors (Lipinski definition) is 1. The number of carbonyl (C=O) groups is 1. The van der Waals surface area contributed by atoms with Crippen molar-refractivity contribution in [2.75, 3.05) is 13.1 Å². The van der Waals surface area contributed by atoms with Gasteiger partial charge in [0.25, 0.3) is 0 Å². The first kappa shape index (κ1) is 12.6. The molecular weight excluding hydrogens is 242 g/mol. The van der Waals surface area contributed by atoms with Crippen molar-refractivity contribution in [2.24, 2.45) is 0 Å². The van der Waals surface area contributed by atoms with E-state index in [0.717, 1.165) is 13.1 Å². The fourth-order valence-corrected chi connectivity index (χ4v) is 2.69. The Morgan fingerprint density at radius 3 is 2.95 bits per heavy atom. The lowest BCUT2D eigenvalue weighted by Gasteiger charge is -2.26. The lowest BCUT2D eigenvalue weighted by Crippen LogP contribution is -2.42. The van der Waals surface area contributed by atoms with E-state index in [2.05, 4.69) is 20.3 Å². The highest BCUT2D eigenvalue weighted by Gasteiger charge is 2.34. The Morgan fingerprint density at radius 2 is 2.32 bits per heavy atom. The van der Waals surface area contributed by atoms with Crippen LogP contribution in [0, 0.1) is 0 Å². The average Bonchev–Trinajstić information content (AvgIpc) is 2.94. The van der Waals surface area contributed by atoms with Crippen LogP contribution in [0.3, 0.4) is 0 Å². The molecule has 104 valence electrons. The topological polar surface area (TPSA) is 63.1 Å². The molecule has 1 saturated carbocycles. The molecule has 1 aromatic heterocycles. The van der Waals surface area contributed by atoms with Gasteiger partial charge in [-0.05, 0) is 32.2 Å². The van der Waals surface area contributed by atoms with Gasteiger partial charge in [-0.2, -0.15) is 5.10 Å². The van der Waals surface area contributed by atoms with Crippen molar-refractivity contribution in [1.82, 2.24) is 25.0 Å². The van der Waals surface area contributed by atoms with E-state index in [9.17, 15) is 4.79 Å². The second-order valence-corrected chi connectivity index (χ2v) is 5.48. The highest BCUT2D eigenvalue weighted by atomic mass is 16.2. The van der Waals surface area contributed by atoms with E-state index in [1.54, 1.807) is 11.0 Å². The number of hydrogen-bond acceptors (Lipinski definition) is 4. The molecular formula is C13H21N5O. The van der Waals surface area contributed by atoms with E-state index < -0.39 is 0 Å². The molecule has 0 radical (unpaired) electrons. The summed E-state index contributed by atoms with van der Waals surface area (Å²) in [5, 5.41) is 7.51. The van der Waals surface area contributed by atoms with E-state index in [0.29, 0.717) is 25.0 Å². The van der Waals surface area contributed by atoms with Crippen molar-refractivity contribution >= 4 is 5.91 Å². The summed E-state index contributed by atoms with van der Waals surface area (Å²) in [5.41, 5.74) is 0. The molecule has 3 rings (SSSR count). The summed E-state index contributed by atoms with van der Waals surface area (Å²) in [6.07, 6.45) is 8.45. The minimum atomic E-state index is 0.256. The van der Waals surface area contributed by atoms with Gasteiger partial charge in [-0.3, -0.25) is 9.48 Å². The third-order valence-electron chi connectivity index (χ3n) is 3.91. The van der Waals surface area contributed by atoms with Gasteiger partial charge >= 0.3 is 0 Å². The Kier molecular flexibility index (Phi) is 3.77. The van der Waals surface area contributed by atoms with Crippen molar-refractivity contribution in [3.8, 4) is 0 Å². The Hall–Kier alpha value is -1.43. The largest absolute Gasteiger partial charge is 0.338 e. The van der Waals surface area contributed by atoms with Gasteiger partial charge in [-0.1, -0.05) is 0 Å². The molecule has 2 aliphatic rings. The molecule has 1 N–H and O–H groups in total. The number of rotatable bonds is 6. The lowest BCUT2D eigenvalue weighted by molar-refractivity contribution is -0.132. The van der Waals surface area contributed by atoms with Crippen LogP contribution in [0.4, 0.5) is 0 Å². The predicted molar refractivity (Wildman–Crippen MR) is 70.4 cm³/mol. The van der Waals surface area contributed by atoms with Gasteiger partial charge < -0.3 is 10.2 Å². The van der Waals surface area contributed by atoms with Crippen molar-refractivity contribution in [1.29, 1.82) is 0 Å². The van der Waals surface area contributed by atoms with Crippen LogP contribution < -0.4 is 5.32 Å². The van der Waals surface area contributed by atoms with E-state index in [1.807, 2.05) is 0 Å². The van der Waals surface area contributed by atoms with Crippen molar-refractivity contribution in [2.45, 2.75) is 50.7 Å². The Morgan fingerprint density at radius 1 is 1.42 bits per heavy atom. The zero-order valence-electron chi connectivity index (χ0n) is 11.2. The molecule has 1 unspecified atom stereocenters. The monoisotopic (exact) mass is 263 g/mol. The van der Waals surface area contributed by atoms with E-state index >= 15 is 0 Å². The number of aryl methyl sites for hydroxylation is 1. The summed E-state index contributed by atoms with van der Waals surface area (Å²) >= 11 is 0. The molecule has 1 aliphatic heterocycles. The number of nitrogens with one attached hydrogen (secondary N) is 1. The predicted octanol–water partition coefficient (Wildman–Crippen LogP) is 0.411. The van der Waals surface area contributed by atoms with Crippen LogP contribution in [-0.2, 0) is 11.3 Å². The summed E-state index contributed by atoms with van der Waals surface area (Å²) in [7, 11) is 0. The third-order valence-corrected chi connectivity index (χ3v) is 3.91. The maximum absolute atomic E-state index is 12.3. The van der Waals surface area contributed by atoms with Gasteiger partial charge in [0.1, 0.15) is 12.7 Å². The first-order chi connectivity index (χ1) is 9.33. The Labute approximate surface area is 113 Å². The van der Waals surface area contributed by atoms with Crippen LogP contribution in [-0.4, -0.2) is 50.7 Å². The van der Waals surface area contributed by atoms with Gasteiger partial charge in [0.2, 0.25) is 5.91 Å². The highest BCUT2D eigenvalue weighted by Crippen LogP contribution is 2.28. The quantitative estimate of drug-likeness (QED) is 0.807. The van der Waals surface area contributed by atoms with Gasteiger partial charge in [0.15, 0.2) is 0 Å². The van der Waals surface area contributed by atoms with Gasteiger partial charge in [0, 0.05) is 25.0 Å². The minimum absolute atomic E-state index is 0.256. The maximum atomic E-state index is 12.3. The average molecular weight is 263 g/mol. The Balaban J connectivity index is 1.52. The van der Waals surface area contributed by atoms with Gasteiger partial charge in [0.05, 0.1) is 6.54 Å². The zero-order valence-corrected chi connectivity index (χ0v) is 11.2. The molecule has 0 bridgehead atoms. The molecule has 1 aliphatic carbocycles. The first-order valence-corrected chi connectivity index (χ1v) is 7.18. The highest BCUT2D eigenvalue weighted by molar-refractivity contribution is 5.76. The molecule has 2 heterocycles. The molecule has 0 spiro atoms.